The van der Waals surface area contributed by atoms with Gasteiger partial charge in [-0.05, 0) is 42.3 Å². The molecule has 0 aliphatic rings. The first-order chi connectivity index (χ1) is 12.4. The maximum Gasteiger partial charge on any atom is 0.232 e. The summed E-state index contributed by atoms with van der Waals surface area (Å²) in [6, 6.07) is 14.7. The second-order valence-electron chi connectivity index (χ2n) is 6.05. The Morgan fingerprint density at radius 1 is 1.19 bits per heavy atom. The van der Waals surface area contributed by atoms with E-state index in [0.29, 0.717) is 22.7 Å². The van der Waals surface area contributed by atoms with Gasteiger partial charge in [0.25, 0.3) is 0 Å². The normalized spacial score (nSPS) is 11.5. The molecule has 7 heteroatoms. The number of nitriles is 1. The Morgan fingerprint density at radius 2 is 1.88 bits per heavy atom. The number of halogens is 1. The van der Waals surface area contributed by atoms with Crippen molar-refractivity contribution in [2.24, 2.45) is 7.05 Å². The SMILES string of the molecule is CCCS(=O)(=O)Nc1ccc(-c2c(C#N)c3cc(Cl)ccc3n2C)cc1. The molecule has 0 aliphatic heterocycles. The summed E-state index contributed by atoms with van der Waals surface area (Å²) in [5.41, 5.74) is 3.56. The highest BCUT2D eigenvalue weighted by molar-refractivity contribution is 7.92. The van der Waals surface area contributed by atoms with Crippen molar-refractivity contribution in [2.75, 3.05) is 10.5 Å². The molecule has 0 atom stereocenters. The number of hydrogen-bond acceptors (Lipinski definition) is 3. The Balaban J connectivity index is 2.05. The Labute approximate surface area is 157 Å². The van der Waals surface area contributed by atoms with Crippen LogP contribution in [0.25, 0.3) is 22.2 Å². The van der Waals surface area contributed by atoms with Gasteiger partial charge in [0, 0.05) is 28.7 Å². The van der Waals surface area contributed by atoms with Crippen molar-refractivity contribution in [1.29, 1.82) is 5.26 Å². The second kappa shape index (κ2) is 7.02. The van der Waals surface area contributed by atoms with Crippen LogP contribution in [0.3, 0.4) is 0 Å². The minimum absolute atomic E-state index is 0.0806. The quantitative estimate of drug-likeness (QED) is 0.699. The maximum absolute atomic E-state index is 11.9. The van der Waals surface area contributed by atoms with Crippen LogP contribution in [0.2, 0.25) is 5.02 Å². The molecule has 26 heavy (non-hydrogen) atoms. The van der Waals surface area contributed by atoms with Crippen LogP contribution < -0.4 is 4.72 Å². The number of aryl methyl sites for hydroxylation is 1. The average molecular weight is 388 g/mol. The van der Waals surface area contributed by atoms with Gasteiger partial charge in [0.2, 0.25) is 10.0 Å². The Hall–Kier alpha value is -2.49. The first-order valence-corrected chi connectivity index (χ1v) is 10.2. The molecular formula is C19H18ClN3O2S. The minimum atomic E-state index is -3.33. The molecule has 0 amide bonds. The first kappa shape index (κ1) is 18.3. The van der Waals surface area contributed by atoms with Crippen molar-refractivity contribution in [3.8, 4) is 17.3 Å². The van der Waals surface area contributed by atoms with Gasteiger partial charge in [0.1, 0.15) is 6.07 Å². The van der Waals surface area contributed by atoms with E-state index in [1.807, 2.05) is 24.6 Å². The van der Waals surface area contributed by atoms with Gasteiger partial charge in [-0.3, -0.25) is 4.72 Å². The molecule has 134 valence electrons. The number of rotatable bonds is 5. The van der Waals surface area contributed by atoms with Gasteiger partial charge in [-0.1, -0.05) is 30.7 Å². The van der Waals surface area contributed by atoms with Crippen LogP contribution in [0.15, 0.2) is 42.5 Å². The smallest absolute Gasteiger partial charge is 0.232 e. The number of hydrogen-bond donors (Lipinski definition) is 1. The van der Waals surface area contributed by atoms with E-state index < -0.39 is 10.0 Å². The molecule has 0 fully saturated rings. The lowest BCUT2D eigenvalue weighted by atomic mass is 10.1. The van der Waals surface area contributed by atoms with Crippen molar-refractivity contribution < 1.29 is 8.42 Å². The first-order valence-electron chi connectivity index (χ1n) is 8.15. The third-order valence-electron chi connectivity index (χ3n) is 4.18. The number of fused-ring (bicyclic) bond motifs is 1. The van der Waals surface area contributed by atoms with Gasteiger partial charge in [-0.2, -0.15) is 5.26 Å². The Bertz CT molecular complexity index is 1110. The van der Waals surface area contributed by atoms with Crippen LogP contribution in [0.1, 0.15) is 18.9 Å². The molecule has 1 heterocycles. The summed E-state index contributed by atoms with van der Waals surface area (Å²) in [5.74, 6) is 0.0806. The molecule has 0 spiro atoms. The number of nitrogens with one attached hydrogen (secondary N) is 1. The van der Waals surface area contributed by atoms with Gasteiger partial charge in [-0.15, -0.1) is 0 Å². The van der Waals surface area contributed by atoms with E-state index in [0.717, 1.165) is 22.2 Å². The molecule has 2 aromatic carbocycles. The van der Waals surface area contributed by atoms with Crippen LogP contribution in [-0.2, 0) is 17.1 Å². The van der Waals surface area contributed by atoms with Crippen LogP contribution in [0, 0.1) is 11.3 Å². The van der Waals surface area contributed by atoms with Gasteiger partial charge < -0.3 is 4.57 Å². The lowest BCUT2D eigenvalue weighted by Gasteiger charge is -2.09. The van der Waals surface area contributed by atoms with Crippen molar-refractivity contribution in [3.63, 3.8) is 0 Å². The molecule has 3 rings (SSSR count). The summed E-state index contributed by atoms with van der Waals surface area (Å²) in [7, 11) is -1.44. The van der Waals surface area contributed by atoms with Crippen molar-refractivity contribution in [1.82, 2.24) is 4.57 Å². The van der Waals surface area contributed by atoms with Gasteiger partial charge in [-0.25, -0.2) is 8.42 Å². The third kappa shape index (κ3) is 3.41. The zero-order chi connectivity index (χ0) is 18.9. The molecular weight excluding hydrogens is 370 g/mol. The fourth-order valence-electron chi connectivity index (χ4n) is 3.06. The summed E-state index contributed by atoms with van der Waals surface area (Å²) in [6.07, 6.45) is 0.553. The second-order valence-corrected chi connectivity index (χ2v) is 8.33. The molecule has 1 N–H and O–H groups in total. The molecule has 0 bridgehead atoms. The molecule has 0 aliphatic carbocycles. The fourth-order valence-corrected chi connectivity index (χ4v) is 4.37. The van der Waals surface area contributed by atoms with Crippen LogP contribution in [0.5, 0.6) is 0 Å². The lowest BCUT2D eigenvalue weighted by molar-refractivity contribution is 0.600. The van der Waals surface area contributed by atoms with E-state index in [9.17, 15) is 13.7 Å². The van der Waals surface area contributed by atoms with Crippen molar-refractivity contribution in [2.45, 2.75) is 13.3 Å². The number of benzene rings is 2. The summed E-state index contributed by atoms with van der Waals surface area (Å²) in [5, 5.41) is 11.0. The summed E-state index contributed by atoms with van der Waals surface area (Å²) in [4.78, 5) is 0. The van der Waals surface area contributed by atoms with E-state index in [-0.39, 0.29) is 5.75 Å². The van der Waals surface area contributed by atoms with E-state index in [4.69, 9.17) is 11.6 Å². The largest absolute Gasteiger partial charge is 0.343 e. The molecule has 0 radical (unpaired) electrons. The highest BCUT2D eigenvalue weighted by Gasteiger charge is 2.17. The summed E-state index contributed by atoms with van der Waals surface area (Å²) in [6.45, 7) is 1.82. The minimum Gasteiger partial charge on any atom is -0.343 e. The average Bonchev–Trinajstić information content (AvgIpc) is 2.86. The van der Waals surface area contributed by atoms with Gasteiger partial charge in [0.05, 0.1) is 17.0 Å². The number of anilines is 1. The molecule has 3 aromatic rings. The van der Waals surface area contributed by atoms with Gasteiger partial charge in [0.15, 0.2) is 0 Å². The fraction of sp³-hybridized carbons (Fsp3) is 0.211. The zero-order valence-electron chi connectivity index (χ0n) is 14.5. The monoisotopic (exact) mass is 387 g/mol. The highest BCUT2D eigenvalue weighted by atomic mass is 35.5. The third-order valence-corrected chi connectivity index (χ3v) is 5.91. The molecule has 5 nitrogen and oxygen atoms in total. The van der Waals surface area contributed by atoms with Crippen molar-refractivity contribution >= 4 is 38.2 Å². The van der Waals surface area contributed by atoms with Crippen LogP contribution in [0.4, 0.5) is 5.69 Å². The van der Waals surface area contributed by atoms with E-state index in [2.05, 4.69) is 10.8 Å². The maximum atomic E-state index is 11.9. The van der Waals surface area contributed by atoms with E-state index in [1.165, 1.54) is 0 Å². The van der Waals surface area contributed by atoms with E-state index >= 15 is 0 Å². The topological polar surface area (TPSA) is 74.9 Å². The highest BCUT2D eigenvalue weighted by Crippen LogP contribution is 2.34. The summed E-state index contributed by atoms with van der Waals surface area (Å²) < 4.78 is 28.3. The predicted octanol–water partition coefficient (Wildman–Crippen LogP) is 4.52. The predicted molar refractivity (Wildman–Crippen MR) is 106 cm³/mol. The number of aromatic nitrogens is 1. The molecule has 0 saturated heterocycles. The standard InChI is InChI=1S/C19H18ClN3O2S/c1-3-10-26(24,25)22-15-7-4-13(5-8-15)19-17(12-21)16-11-14(20)6-9-18(16)23(19)2/h4-9,11,22H,3,10H2,1-2H3. The molecule has 0 unspecified atom stereocenters. The van der Waals surface area contributed by atoms with Crippen molar-refractivity contribution in [3.05, 3.63) is 53.1 Å². The van der Waals surface area contributed by atoms with E-state index in [1.54, 1.807) is 36.4 Å². The number of sulfonamides is 1. The van der Waals surface area contributed by atoms with Crippen LogP contribution >= 0.6 is 11.6 Å². The summed E-state index contributed by atoms with van der Waals surface area (Å²) >= 11 is 6.08. The lowest BCUT2D eigenvalue weighted by Crippen LogP contribution is -2.15. The van der Waals surface area contributed by atoms with Gasteiger partial charge >= 0.3 is 0 Å². The zero-order valence-corrected chi connectivity index (χ0v) is 16.0. The molecule has 1 aromatic heterocycles. The number of nitrogens with zero attached hydrogens (tertiary/aromatic N) is 2. The van der Waals surface area contributed by atoms with Crippen LogP contribution in [-0.4, -0.2) is 18.7 Å². The molecule has 0 saturated carbocycles. The Kier molecular flexibility index (Phi) is 4.94. The Morgan fingerprint density at radius 3 is 2.50 bits per heavy atom.